The molecule has 0 aliphatic heterocycles. The van der Waals surface area contributed by atoms with E-state index >= 15 is 0 Å². The molecule has 0 aliphatic carbocycles. The first kappa shape index (κ1) is 18.7. The van der Waals surface area contributed by atoms with Gasteiger partial charge in [0.15, 0.2) is 6.61 Å². The summed E-state index contributed by atoms with van der Waals surface area (Å²) in [6, 6.07) is 14.1. The molecule has 1 amide bonds. The molecular weight excluding hydrogens is 370 g/mol. The number of nitrogens with zero attached hydrogens (tertiary/aromatic N) is 3. The number of hydrogen-bond donors (Lipinski definition) is 0. The summed E-state index contributed by atoms with van der Waals surface area (Å²) in [6.45, 7) is 0.0782. The number of carbonyl (C=O) groups excluding carboxylic acids is 1. The minimum atomic E-state index is -0.217. The number of carbonyl (C=O) groups is 1. The molecule has 0 aliphatic rings. The molecule has 0 bridgehead atoms. The van der Waals surface area contributed by atoms with Crippen molar-refractivity contribution in [1.29, 1.82) is 0 Å². The van der Waals surface area contributed by atoms with E-state index in [1.165, 1.54) is 4.90 Å². The number of ether oxygens (including phenoxy) is 2. The van der Waals surface area contributed by atoms with Crippen molar-refractivity contribution in [2.45, 2.75) is 6.54 Å². The topological polar surface area (TPSA) is 77.7 Å². The zero-order valence-electron chi connectivity index (χ0n) is 14.9. The van der Waals surface area contributed by atoms with Crippen LogP contribution in [0.2, 0.25) is 5.02 Å². The van der Waals surface area contributed by atoms with Gasteiger partial charge in [0.05, 0.1) is 13.7 Å². The highest BCUT2D eigenvalue weighted by atomic mass is 35.5. The van der Waals surface area contributed by atoms with E-state index in [2.05, 4.69) is 10.1 Å². The SMILES string of the molecule is COc1cccc(-c2noc(CN(C)C(=O)COc3ccc(Cl)cc3)n2)c1. The van der Waals surface area contributed by atoms with Gasteiger partial charge in [-0.25, -0.2) is 0 Å². The van der Waals surface area contributed by atoms with Gasteiger partial charge in [0, 0.05) is 17.6 Å². The Morgan fingerprint density at radius 1 is 1.19 bits per heavy atom. The fourth-order valence-corrected chi connectivity index (χ4v) is 2.40. The van der Waals surface area contributed by atoms with E-state index in [1.807, 2.05) is 24.3 Å². The number of likely N-dealkylation sites (N-methyl/N-ethyl adjacent to an activating group) is 1. The molecule has 0 spiro atoms. The van der Waals surface area contributed by atoms with Gasteiger partial charge in [-0.3, -0.25) is 4.79 Å². The van der Waals surface area contributed by atoms with Gasteiger partial charge in [0.25, 0.3) is 5.91 Å². The molecule has 0 radical (unpaired) electrons. The highest BCUT2D eigenvalue weighted by Gasteiger charge is 2.15. The van der Waals surface area contributed by atoms with Crippen LogP contribution in [-0.4, -0.2) is 41.7 Å². The molecule has 1 aromatic heterocycles. The van der Waals surface area contributed by atoms with E-state index in [0.717, 1.165) is 5.56 Å². The van der Waals surface area contributed by atoms with Crippen LogP contribution < -0.4 is 9.47 Å². The van der Waals surface area contributed by atoms with Gasteiger partial charge in [0.1, 0.15) is 11.5 Å². The number of rotatable bonds is 7. The Morgan fingerprint density at radius 2 is 1.96 bits per heavy atom. The second kappa shape index (κ2) is 8.55. The number of amides is 1. The van der Waals surface area contributed by atoms with Gasteiger partial charge in [-0.15, -0.1) is 0 Å². The minimum Gasteiger partial charge on any atom is -0.497 e. The Balaban J connectivity index is 1.57. The van der Waals surface area contributed by atoms with E-state index in [-0.39, 0.29) is 19.1 Å². The molecule has 0 atom stereocenters. The summed E-state index contributed by atoms with van der Waals surface area (Å²) in [4.78, 5) is 18.0. The smallest absolute Gasteiger partial charge is 0.260 e. The number of halogens is 1. The quantitative estimate of drug-likeness (QED) is 0.618. The van der Waals surface area contributed by atoms with Crippen LogP contribution in [0.3, 0.4) is 0 Å². The summed E-state index contributed by atoms with van der Waals surface area (Å²) in [5.74, 6) is 1.81. The van der Waals surface area contributed by atoms with Crippen LogP contribution in [0, 0.1) is 0 Å². The molecular formula is C19H18ClN3O4. The van der Waals surface area contributed by atoms with Gasteiger partial charge >= 0.3 is 0 Å². The van der Waals surface area contributed by atoms with Crippen LogP contribution in [0.4, 0.5) is 0 Å². The predicted molar refractivity (Wildman–Crippen MR) is 99.7 cm³/mol. The normalized spacial score (nSPS) is 10.5. The van der Waals surface area contributed by atoms with Crippen LogP contribution in [0.1, 0.15) is 5.89 Å². The summed E-state index contributed by atoms with van der Waals surface area (Å²) in [6.07, 6.45) is 0. The van der Waals surface area contributed by atoms with Crippen LogP contribution in [0.5, 0.6) is 11.5 Å². The Bertz CT molecular complexity index is 911. The van der Waals surface area contributed by atoms with E-state index in [1.54, 1.807) is 38.4 Å². The summed E-state index contributed by atoms with van der Waals surface area (Å²) < 4.78 is 15.9. The van der Waals surface area contributed by atoms with Crippen molar-refractivity contribution >= 4 is 17.5 Å². The van der Waals surface area contributed by atoms with Crippen LogP contribution >= 0.6 is 11.6 Å². The molecule has 27 heavy (non-hydrogen) atoms. The Hall–Kier alpha value is -3.06. The highest BCUT2D eigenvalue weighted by Crippen LogP contribution is 2.21. The Kier molecular flexibility index (Phi) is 5.93. The summed E-state index contributed by atoms with van der Waals surface area (Å²) >= 11 is 5.82. The largest absolute Gasteiger partial charge is 0.497 e. The maximum Gasteiger partial charge on any atom is 0.260 e. The maximum absolute atomic E-state index is 12.2. The first-order valence-electron chi connectivity index (χ1n) is 8.14. The van der Waals surface area contributed by atoms with Crippen molar-refractivity contribution in [3.05, 3.63) is 59.4 Å². The fraction of sp³-hybridized carbons (Fsp3) is 0.211. The van der Waals surface area contributed by atoms with E-state index in [4.69, 9.17) is 25.6 Å². The van der Waals surface area contributed by atoms with Crippen LogP contribution in [0.25, 0.3) is 11.4 Å². The number of benzene rings is 2. The van der Waals surface area contributed by atoms with Gasteiger partial charge in [-0.2, -0.15) is 4.98 Å². The number of hydrogen-bond acceptors (Lipinski definition) is 6. The molecule has 0 unspecified atom stereocenters. The molecule has 140 valence electrons. The maximum atomic E-state index is 12.2. The lowest BCUT2D eigenvalue weighted by molar-refractivity contribution is -0.132. The van der Waals surface area contributed by atoms with Crippen LogP contribution in [-0.2, 0) is 11.3 Å². The zero-order chi connectivity index (χ0) is 19.2. The third kappa shape index (κ3) is 4.98. The second-order valence-electron chi connectivity index (χ2n) is 5.74. The van der Waals surface area contributed by atoms with Gasteiger partial charge in [-0.1, -0.05) is 28.9 Å². The van der Waals surface area contributed by atoms with E-state index < -0.39 is 0 Å². The third-order valence-corrected chi connectivity index (χ3v) is 4.02. The second-order valence-corrected chi connectivity index (χ2v) is 6.17. The van der Waals surface area contributed by atoms with Crippen molar-refractivity contribution in [3.63, 3.8) is 0 Å². The van der Waals surface area contributed by atoms with Gasteiger partial charge < -0.3 is 18.9 Å². The van der Waals surface area contributed by atoms with Gasteiger partial charge in [-0.05, 0) is 36.4 Å². The molecule has 0 fully saturated rings. The molecule has 7 nitrogen and oxygen atoms in total. The van der Waals surface area contributed by atoms with Gasteiger partial charge in [0.2, 0.25) is 11.7 Å². The molecule has 0 saturated carbocycles. The number of methoxy groups -OCH3 is 1. The lowest BCUT2D eigenvalue weighted by Gasteiger charge is -2.15. The van der Waals surface area contributed by atoms with Crippen molar-refractivity contribution in [1.82, 2.24) is 15.0 Å². The fourth-order valence-electron chi connectivity index (χ4n) is 2.28. The van der Waals surface area contributed by atoms with Crippen molar-refractivity contribution in [2.24, 2.45) is 0 Å². The average molecular weight is 388 g/mol. The first-order valence-corrected chi connectivity index (χ1v) is 8.52. The summed E-state index contributed by atoms with van der Waals surface area (Å²) in [7, 11) is 3.23. The first-order chi connectivity index (χ1) is 13.0. The molecule has 2 aromatic carbocycles. The molecule has 1 heterocycles. The minimum absolute atomic E-state index is 0.102. The zero-order valence-corrected chi connectivity index (χ0v) is 15.6. The van der Waals surface area contributed by atoms with E-state index in [9.17, 15) is 4.79 Å². The van der Waals surface area contributed by atoms with Crippen LogP contribution in [0.15, 0.2) is 53.1 Å². The lowest BCUT2D eigenvalue weighted by Crippen LogP contribution is -2.31. The highest BCUT2D eigenvalue weighted by molar-refractivity contribution is 6.30. The van der Waals surface area contributed by atoms with E-state index in [0.29, 0.717) is 28.2 Å². The van der Waals surface area contributed by atoms with Crippen molar-refractivity contribution in [2.75, 3.05) is 20.8 Å². The predicted octanol–water partition coefficient (Wildman–Crippen LogP) is 3.44. The molecule has 0 saturated heterocycles. The van der Waals surface area contributed by atoms with Crippen molar-refractivity contribution < 1.29 is 18.8 Å². The molecule has 3 rings (SSSR count). The lowest BCUT2D eigenvalue weighted by atomic mass is 10.2. The summed E-state index contributed by atoms with van der Waals surface area (Å²) in [5, 5.41) is 4.56. The monoisotopic (exact) mass is 387 g/mol. The standard InChI is InChI=1S/C19H18ClN3O4/c1-23(18(24)12-26-15-8-6-14(20)7-9-15)11-17-21-19(22-27-17)13-4-3-5-16(10-13)25-2/h3-10H,11-12H2,1-2H3. The molecule has 3 aromatic rings. The molecule has 8 heteroatoms. The summed E-state index contributed by atoms with van der Waals surface area (Å²) in [5.41, 5.74) is 0.768. The Labute approximate surface area is 161 Å². The average Bonchev–Trinajstić information content (AvgIpc) is 3.15. The van der Waals surface area contributed by atoms with Crippen molar-refractivity contribution in [3.8, 4) is 22.9 Å². The Morgan fingerprint density at radius 3 is 2.70 bits per heavy atom. The number of aromatic nitrogens is 2. The molecule has 0 N–H and O–H groups in total. The third-order valence-electron chi connectivity index (χ3n) is 3.77.